The van der Waals surface area contributed by atoms with Crippen LogP contribution in [0.25, 0.3) is 0 Å². The number of carboxylic acids is 1. The number of nitrogens with zero attached hydrogens (tertiary/aromatic N) is 2. The number of carbonyl (C=O) groups excluding carboxylic acids is 3. The quantitative estimate of drug-likeness (QED) is 0.262. The number of Topliss-reactive ketones (excluding diaryl/α,β-unsaturated/α-hetero) is 1. The van der Waals surface area contributed by atoms with Gasteiger partial charge in [-0.1, -0.05) is 77.8 Å². The minimum absolute atomic E-state index is 0.00934. The van der Waals surface area contributed by atoms with Gasteiger partial charge < -0.3 is 14.7 Å². The Morgan fingerprint density at radius 1 is 0.929 bits per heavy atom. The molecule has 5 aliphatic carbocycles. The molecule has 0 radical (unpaired) electrons. The molecule has 1 aromatic rings. The molecule has 1 amide bonds. The standard InChI is InChI=1S/C47H67ClN2O6/c1-28(2)39-32(51)23-47(35-26-50(37(52)27-49(35)10)25-29-11-13-30(48)14-12-29)22-21-45(8)31(40(39)47)15-16-34-44(7)19-18-36(56-38(53)24-42(3,4)41(54)55)43(5,6)33(44)17-20-46(34,45)9/h11-14,28,31,33-36H,15-27H2,1-10H3,(H,54,55)/t31-,33+,34-,35?,36+,44+,45-,46-,47+/m1/s1. The Balaban J connectivity index is 1.19. The molecule has 4 saturated carbocycles. The number of amides is 1. The Hall–Kier alpha value is -2.71. The number of hydrogen-bond acceptors (Lipinski definition) is 6. The van der Waals surface area contributed by atoms with Gasteiger partial charge in [0, 0.05) is 41.4 Å². The summed E-state index contributed by atoms with van der Waals surface area (Å²) in [4.78, 5) is 57.3. The van der Waals surface area contributed by atoms with E-state index in [-0.39, 0.29) is 57.5 Å². The first-order valence-corrected chi connectivity index (χ1v) is 21.8. The van der Waals surface area contributed by atoms with Gasteiger partial charge >= 0.3 is 11.9 Å². The van der Waals surface area contributed by atoms with E-state index in [0.29, 0.717) is 54.6 Å². The first kappa shape index (κ1) is 41.4. The van der Waals surface area contributed by atoms with Crippen molar-refractivity contribution in [2.45, 2.75) is 145 Å². The van der Waals surface area contributed by atoms with E-state index in [0.717, 1.165) is 62.5 Å². The van der Waals surface area contributed by atoms with Gasteiger partial charge in [0.2, 0.25) is 5.91 Å². The number of likely N-dealkylation sites (N-methyl/N-ethyl adjacent to an activating group) is 1. The third-order valence-electron chi connectivity index (χ3n) is 17.4. The van der Waals surface area contributed by atoms with Gasteiger partial charge in [0.05, 0.1) is 18.4 Å². The average Bonchev–Trinajstić information content (AvgIpc) is 3.41. The number of ketones is 1. The zero-order valence-electron chi connectivity index (χ0n) is 35.7. The number of ether oxygens (including phenoxy) is 1. The predicted octanol–water partition coefficient (Wildman–Crippen LogP) is 9.38. The van der Waals surface area contributed by atoms with E-state index in [1.807, 2.05) is 29.2 Å². The summed E-state index contributed by atoms with van der Waals surface area (Å²) in [7, 11) is 2.10. The molecule has 1 aromatic carbocycles. The SMILES string of the molecule is CC(C)C1=C2[C@H]3CC[C@@H]4[C@@]5(C)CC[C@H](OC(=O)CC(C)(C)C(=O)O)C(C)(C)[C@@H]5CC[C@@]4(C)[C@]3(C)CC[C@@]2(C2CN(Cc3ccc(Cl)cc3)C(=O)CN2C)CC1=O. The first-order chi connectivity index (χ1) is 26.0. The normalized spacial score (nSPS) is 38.5. The number of piperazine rings is 1. The van der Waals surface area contributed by atoms with Crippen LogP contribution in [0.3, 0.4) is 0 Å². The second-order valence-electron chi connectivity index (χ2n) is 21.4. The lowest BCUT2D eigenvalue weighted by atomic mass is 9.32. The van der Waals surface area contributed by atoms with Crippen molar-refractivity contribution in [1.29, 1.82) is 0 Å². The molecule has 308 valence electrons. The third kappa shape index (κ3) is 6.23. The fraction of sp³-hybridized carbons (Fsp3) is 0.745. The summed E-state index contributed by atoms with van der Waals surface area (Å²) >= 11 is 6.21. The summed E-state index contributed by atoms with van der Waals surface area (Å²) in [6, 6.07) is 7.85. The highest BCUT2D eigenvalue weighted by atomic mass is 35.5. The van der Waals surface area contributed by atoms with E-state index in [9.17, 15) is 24.3 Å². The van der Waals surface area contributed by atoms with E-state index in [2.05, 4.69) is 60.4 Å². The van der Waals surface area contributed by atoms with Gasteiger partial charge in [-0.2, -0.15) is 0 Å². The number of hydrogen-bond donors (Lipinski definition) is 1. The maximum Gasteiger partial charge on any atom is 0.309 e. The Bertz CT molecular complexity index is 1820. The molecular formula is C47H67ClN2O6. The third-order valence-corrected chi connectivity index (χ3v) is 17.7. The molecule has 0 bridgehead atoms. The Morgan fingerprint density at radius 3 is 2.25 bits per heavy atom. The van der Waals surface area contributed by atoms with Crippen LogP contribution in [0.1, 0.15) is 132 Å². The number of fused-ring (bicyclic) bond motifs is 7. The number of benzene rings is 1. The van der Waals surface area contributed by atoms with Crippen molar-refractivity contribution in [1.82, 2.24) is 9.80 Å². The van der Waals surface area contributed by atoms with Crippen LogP contribution in [0.5, 0.6) is 0 Å². The number of carbonyl (C=O) groups is 4. The average molecular weight is 792 g/mol. The molecule has 56 heavy (non-hydrogen) atoms. The summed E-state index contributed by atoms with van der Waals surface area (Å²) in [6.07, 6.45) is 8.26. The van der Waals surface area contributed by atoms with Crippen LogP contribution >= 0.6 is 11.6 Å². The molecule has 1 aliphatic heterocycles. The number of esters is 1. The summed E-state index contributed by atoms with van der Waals surface area (Å²) in [6.45, 7) is 21.4. The molecule has 9 heteroatoms. The molecule has 1 N–H and O–H groups in total. The van der Waals surface area contributed by atoms with Crippen molar-refractivity contribution in [2.75, 3.05) is 20.1 Å². The van der Waals surface area contributed by atoms with Crippen LogP contribution in [0.2, 0.25) is 5.02 Å². The van der Waals surface area contributed by atoms with Crippen molar-refractivity contribution in [3.63, 3.8) is 0 Å². The monoisotopic (exact) mass is 790 g/mol. The molecule has 1 unspecified atom stereocenters. The fourth-order valence-electron chi connectivity index (χ4n) is 14.3. The highest BCUT2D eigenvalue weighted by Crippen LogP contribution is 2.77. The predicted molar refractivity (Wildman–Crippen MR) is 219 cm³/mol. The van der Waals surface area contributed by atoms with Crippen LogP contribution in [-0.4, -0.2) is 70.8 Å². The molecule has 1 heterocycles. The van der Waals surface area contributed by atoms with Gasteiger partial charge in [-0.25, -0.2) is 0 Å². The zero-order valence-corrected chi connectivity index (χ0v) is 36.5. The van der Waals surface area contributed by atoms with Gasteiger partial charge in [0.1, 0.15) is 6.10 Å². The van der Waals surface area contributed by atoms with Gasteiger partial charge in [-0.3, -0.25) is 24.1 Å². The van der Waals surface area contributed by atoms with Crippen molar-refractivity contribution in [3.8, 4) is 0 Å². The second kappa shape index (κ2) is 14.0. The maximum absolute atomic E-state index is 14.4. The van der Waals surface area contributed by atoms with E-state index in [1.165, 1.54) is 5.57 Å². The van der Waals surface area contributed by atoms with Crippen molar-refractivity contribution < 1.29 is 29.0 Å². The van der Waals surface area contributed by atoms with Crippen molar-refractivity contribution in [2.24, 2.45) is 56.2 Å². The number of allylic oxidation sites excluding steroid dienone is 1. The summed E-state index contributed by atoms with van der Waals surface area (Å²) in [5.41, 5.74) is 2.01. The lowest BCUT2D eigenvalue weighted by Gasteiger charge is -2.72. The molecule has 0 spiro atoms. The lowest BCUT2D eigenvalue weighted by Crippen LogP contribution is -2.67. The molecule has 9 atom stereocenters. The van der Waals surface area contributed by atoms with Crippen molar-refractivity contribution in [3.05, 3.63) is 46.0 Å². The molecule has 8 nitrogen and oxygen atoms in total. The summed E-state index contributed by atoms with van der Waals surface area (Å²) in [5.74, 6) is 0.349. The van der Waals surface area contributed by atoms with Gasteiger partial charge in [0.25, 0.3) is 0 Å². The number of halogens is 1. The molecular weight excluding hydrogens is 724 g/mol. The van der Waals surface area contributed by atoms with E-state index >= 15 is 0 Å². The molecule has 5 fully saturated rings. The Morgan fingerprint density at radius 2 is 1.61 bits per heavy atom. The largest absolute Gasteiger partial charge is 0.481 e. The minimum atomic E-state index is -1.17. The summed E-state index contributed by atoms with van der Waals surface area (Å²) < 4.78 is 6.20. The molecule has 1 saturated heterocycles. The van der Waals surface area contributed by atoms with E-state index in [4.69, 9.17) is 16.3 Å². The number of rotatable bonds is 8. The number of aliphatic carboxylic acids is 1. The first-order valence-electron chi connectivity index (χ1n) is 21.4. The zero-order chi connectivity index (χ0) is 41.0. The highest BCUT2D eigenvalue weighted by Gasteiger charge is 2.71. The lowest BCUT2D eigenvalue weighted by molar-refractivity contribution is -0.234. The topological polar surface area (TPSA) is 104 Å². The Labute approximate surface area is 340 Å². The second-order valence-corrected chi connectivity index (χ2v) is 21.8. The van der Waals surface area contributed by atoms with Crippen LogP contribution in [0.15, 0.2) is 35.4 Å². The molecule has 6 aliphatic rings. The smallest absolute Gasteiger partial charge is 0.309 e. The van der Waals surface area contributed by atoms with Crippen LogP contribution in [0, 0.1) is 56.2 Å². The van der Waals surface area contributed by atoms with E-state index in [1.54, 1.807) is 13.8 Å². The maximum atomic E-state index is 14.4. The van der Waals surface area contributed by atoms with Gasteiger partial charge in [0.15, 0.2) is 5.78 Å². The minimum Gasteiger partial charge on any atom is -0.481 e. The number of carboxylic acid groups (broad SMARTS) is 1. The van der Waals surface area contributed by atoms with Crippen molar-refractivity contribution >= 4 is 35.2 Å². The van der Waals surface area contributed by atoms with Crippen LogP contribution < -0.4 is 0 Å². The highest BCUT2D eigenvalue weighted by molar-refractivity contribution is 6.30. The van der Waals surface area contributed by atoms with Crippen LogP contribution in [0.4, 0.5) is 0 Å². The Kier molecular flexibility index (Phi) is 10.3. The van der Waals surface area contributed by atoms with E-state index < -0.39 is 17.4 Å². The fourth-order valence-corrected chi connectivity index (χ4v) is 14.5. The summed E-state index contributed by atoms with van der Waals surface area (Å²) in [5, 5.41) is 10.3. The van der Waals surface area contributed by atoms with Crippen LogP contribution in [-0.2, 0) is 30.5 Å². The molecule has 7 rings (SSSR count). The van der Waals surface area contributed by atoms with Gasteiger partial charge in [-0.05, 0) is 135 Å². The molecule has 0 aromatic heterocycles. The van der Waals surface area contributed by atoms with Gasteiger partial charge in [-0.15, -0.1) is 0 Å².